The Balaban J connectivity index is 1.82. The smallest absolute Gasteiger partial charge is 0.157 e. The summed E-state index contributed by atoms with van der Waals surface area (Å²) < 4.78 is 4.99. The van der Waals surface area contributed by atoms with Crippen LogP contribution in [0.3, 0.4) is 0 Å². The molecule has 0 saturated carbocycles. The first-order valence-electron chi connectivity index (χ1n) is 5.39. The van der Waals surface area contributed by atoms with Crippen molar-refractivity contribution >= 4 is 16.9 Å². The molecule has 1 atom stereocenters. The second-order valence-corrected chi connectivity index (χ2v) is 4.77. The van der Waals surface area contributed by atoms with Crippen LogP contribution in [0, 0.1) is 0 Å². The topological polar surface area (TPSA) is 33.6 Å². The summed E-state index contributed by atoms with van der Waals surface area (Å²) in [6, 6.07) is 10.5. The standard InChI is InChI=1S/C12H16N2OS/c1-15-8-7-13-12-14-9-11(16-12)10-5-3-2-4-6-10/h2-6,11H,7-9H2,1H3,(H,13,14). The van der Waals surface area contributed by atoms with Gasteiger partial charge in [-0.15, -0.1) is 0 Å². The Labute approximate surface area is 100 Å². The molecule has 3 nitrogen and oxygen atoms in total. The van der Waals surface area contributed by atoms with E-state index in [1.165, 1.54) is 5.56 Å². The summed E-state index contributed by atoms with van der Waals surface area (Å²) in [6.07, 6.45) is 0. The molecule has 1 aliphatic heterocycles. The number of hydrogen-bond acceptors (Lipinski definition) is 4. The lowest BCUT2D eigenvalue weighted by atomic mass is 10.1. The number of aliphatic imine (C=N–C) groups is 1. The zero-order valence-electron chi connectivity index (χ0n) is 9.35. The summed E-state index contributed by atoms with van der Waals surface area (Å²) in [5.74, 6) is 0. The van der Waals surface area contributed by atoms with Gasteiger partial charge in [0.15, 0.2) is 5.17 Å². The van der Waals surface area contributed by atoms with Gasteiger partial charge in [0.25, 0.3) is 0 Å². The predicted octanol–water partition coefficient (Wildman–Crippen LogP) is 2.07. The van der Waals surface area contributed by atoms with Crippen LogP contribution in [0.2, 0.25) is 0 Å². The Morgan fingerprint density at radius 3 is 3.00 bits per heavy atom. The van der Waals surface area contributed by atoms with Crippen LogP contribution in [0.4, 0.5) is 0 Å². The Morgan fingerprint density at radius 1 is 1.44 bits per heavy atom. The van der Waals surface area contributed by atoms with E-state index < -0.39 is 0 Å². The average molecular weight is 236 g/mol. The lowest BCUT2D eigenvalue weighted by Crippen LogP contribution is -2.23. The molecule has 1 heterocycles. The molecule has 0 fully saturated rings. The molecule has 0 radical (unpaired) electrons. The minimum absolute atomic E-state index is 0.464. The predicted molar refractivity (Wildman–Crippen MR) is 69.0 cm³/mol. The van der Waals surface area contributed by atoms with Gasteiger partial charge in [-0.1, -0.05) is 42.1 Å². The fourth-order valence-electron chi connectivity index (χ4n) is 1.57. The Hall–Kier alpha value is -1.00. The van der Waals surface area contributed by atoms with Crippen LogP contribution in [0.1, 0.15) is 10.8 Å². The second kappa shape index (κ2) is 5.92. The quantitative estimate of drug-likeness (QED) is 0.813. The highest BCUT2D eigenvalue weighted by atomic mass is 32.2. The number of rotatable bonds is 4. The SMILES string of the molecule is COCCNC1=NCC(c2ccccc2)S1. The van der Waals surface area contributed by atoms with Crippen LogP contribution in [0.15, 0.2) is 35.3 Å². The lowest BCUT2D eigenvalue weighted by molar-refractivity contribution is 0.204. The first-order chi connectivity index (χ1) is 7.90. The maximum absolute atomic E-state index is 4.99. The third-order valence-corrected chi connectivity index (χ3v) is 3.61. The number of nitrogens with zero attached hydrogens (tertiary/aromatic N) is 1. The minimum Gasteiger partial charge on any atom is -0.383 e. The Bertz CT molecular complexity index is 353. The van der Waals surface area contributed by atoms with Crippen LogP contribution in [-0.4, -0.2) is 32.0 Å². The largest absolute Gasteiger partial charge is 0.383 e. The molecule has 4 heteroatoms. The van der Waals surface area contributed by atoms with E-state index in [-0.39, 0.29) is 0 Å². The van der Waals surface area contributed by atoms with Crippen molar-refractivity contribution in [2.45, 2.75) is 5.25 Å². The van der Waals surface area contributed by atoms with Crippen LogP contribution < -0.4 is 5.32 Å². The lowest BCUT2D eigenvalue weighted by Gasteiger charge is -2.08. The van der Waals surface area contributed by atoms with E-state index in [4.69, 9.17) is 4.74 Å². The number of methoxy groups -OCH3 is 1. The molecule has 86 valence electrons. The van der Waals surface area contributed by atoms with E-state index in [0.717, 1.165) is 24.9 Å². The van der Waals surface area contributed by atoms with Crippen molar-refractivity contribution in [3.63, 3.8) is 0 Å². The number of amidine groups is 1. The molecular weight excluding hydrogens is 220 g/mol. The zero-order chi connectivity index (χ0) is 11.2. The van der Waals surface area contributed by atoms with Crippen molar-refractivity contribution < 1.29 is 4.74 Å². The van der Waals surface area contributed by atoms with Gasteiger partial charge in [0.2, 0.25) is 0 Å². The summed E-state index contributed by atoms with van der Waals surface area (Å²) in [5, 5.41) is 4.77. The molecule has 2 rings (SSSR count). The highest BCUT2D eigenvalue weighted by molar-refractivity contribution is 8.14. The average Bonchev–Trinajstić information content (AvgIpc) is 2.79. The van der Waals surface area contributed by atoms with E-state index in [0.29, 0.717) is 5.25 Å². The van der Waals surface area contributed by atoms with Crippen molar-refractivity contribution in [3.05, 3.63) is 35.9 Å². The molecule has 0 saturated heterocycles. The summed E-state index contributed by atoms with van der Waals surface area (Å²) >= 11 is 1.80. The van der Waals surface area contributed by atoms with Gasteiger partial charge in [0.1, 0.15) is 0 Å². The Kier molecular flexibility index (Phi) is 4.25. The molecule has 0 aliphatic carbocycles. The highest BCUT2D eigenvalue weighted by Gasteiger charge is 2.20. The first-order valence-corrected chi connectivity index (χ1v) is 6.27. The third-order valence-electron chi connectivity index (χ3n) is 2.41. The number of benzene rings is 1. The normalized spacial score (nSPS) is 19.6. The van der Waals surface area contributed by atoms with Crippen LogP contribution in [0.5, 0.6) is 0 Å². The first kappa shape index (κ1) is 11.5. The molecule has 0 aromatic heterocycles. The zero-order valence-corrected chi connectivity index (χ0v) is 10.2. The van der Waals surface area contributed by atoms with E-state index >= 15 is 0 Å². The summed E-state index contributed by atoms with van der Waals surface area (Å²) in [7, 11) is 1.71. The molecule has 1 unspecified atom stereocenters. The number of hydrogen-bond donors (Lipinski definition) is 1. The van der Waals surface area contributed by atoms with Crippen LogP contribution >= 0.6 is 11.8 Å². The van der Waals surface area contributed by atoms with E-state index in [9.17, 15) is 0 Å². The van der Waals surface area contributed by atoms with Crippen molar-refractivity contribution in [1.29, 1.82) is 0 Å². The molecule has 1 N–H and O–H groups in total. The van der Waals surface area contributed by atoms with E-state index in [1.807, 2.05) is 6.07 Å². The van der Waals surface area contributed by atoms with E-state index in [2.05, 4.69) is 34.6 Å². The molecule has 16 heavy (non-hydrogen) atoms. The molecule has 0 amide bonds. The fourth-order valence-corrected chi connectivity index (χ4v) is 2.62. The summed E-state index contributed by atoms with van der Waals surface area (Å²) in [6.45, 7) is 2.41. The second-order valence-electron chi connectivity index (χ2n) is 3.58. The molecule has 1 aliphatic rings. The van der Waals surface area contributed by atoms with Gasteiger partial charge in [-0.2, -0.15) is 0 Å². The molecular formula is C12H16N2OS. The summed E-state index contributed by atoms with van der Waals surface area (Å²) in [5.41, 5.74) is 1.35. The van der Waals surface area contributed by atoms with Crippen LogP contribution in [0.25, 0.3) is 0 Å². The van der Waals surface area contributed by atoms with Gasteiger partial charge in [0.05, 0.1) is 18.4 Å². The number of ether oxygens (including phenoxy) is 1. The van der Waals surface area contributed by atoms with Crippen molar-refractivity contribution in [1.82, 2.24) is 5.32 Å². The van der Waals surface area contributed by atoms with Gasteiger partial charge in [-0.3, -0.25) is 4.99 Å². The number of thioether (sulfide) groups is 1. The number of nitrogens with one attached hydrogen (secondary N) is 1. The van der Waals surface area contributed by atoms with E-state index in [1.54, 1.807) is 18.9 Å². The monoisotopic (exact) mass is 236 g/mol. The van der Waals surface area contributed by atoms with Gasteiger partial charge in [0, 0.05) is 13.7 Å². The molecule has 1 aromatic carbocycles. The van der Waals surface area contributed by atoms with Gasteiger partial charge in [-0.05, 0) is 5.56 Å². The maximum atomic E-state index is 4.99. The van der Waals surface area contributed by atoms with Gasteiger partial charge < -0.3 is 10.1 Å². The summed E-state index contributed by atoms with van der Waals surface area (Å²) in [4.78, 5) is 4.48. The molecule has 0 spiro atoms. The fraction of sp³-hybridized carbons (Fsp3) is 0.417. The van der Waals surface area contributed by atoms with Gasteiger partial charge in [-0.25, -0.2) is 0 Å². The van der Waals surface area contributed by atoms with Crippen LogP contribution in [-0.2, 0) is 4.74 Å². The molecule has 0 bridgehead atoms. The third kappa shape index (κ3) is 3.00. The highest BCUT2D eigenvalue weighted by Crippen LogP contribution is 2.33. The maximum Gasteiger partial charge on any atom is 0.157 e. The van der Waals surface area contributed by atoms with Gasteiger partial charge >= 0.3 is 0 Å². The molecule has 1 aromatic rings. The minimum atomic E-state index is 0.464. The van der Waals surface area contributed by atoms with Crippen molar-refractivity contribution in [2.75, 3.05) is 26.8 Å². The Morgan fingerprint density at radius 2 is 2.25 bits per heavy atom. The van der Waals surface area contributed by atoms with Crippen molar-refractivity contribution in [2.24, 2.45) is 4.99 Å². The van der Waals surface area contributed by atoms with Crippen molar-refractivity contribution in [3.8, 4) is 0 Å².